The van der Waals surface area contributed by atoms with E-state index >= 15 is 0 Å². The van der Waals surface area contributed by atoms with E-state index in [1.54, 1.807) is 0 Å². The van der Waals surface area contributed by atoms with Gasteiger partial charge in [-0.1, -0.05) is 36.4 Å². The zero-order valence-corrected chi connectivity index (χ0v) is 22.0. The minimum atomic E-state index is -0.197. The maximum Gasteiger partial charge on any atom is 0.272 e. The van der Waals surface area contributed by atoms with Gasteiger partial charge < -0.3 is 15.0 Å². The van der Waals surface area contributed by atoms with E-state index < -0.39 is 0 Å². The second-order valence-electron chi connectivity index (χ2n) is 10.3. The first-order valence-electron chi connectivity index (χ1n) is 13.7. The molecule has 0 bridgehead atoms. The summed E-state index contributed by atoms with van der Waals surface area (Å²) in [4.78, 5) is 30.4. The lowest BCUT2D eigenvalue weighted by Gasteiger charge is -2.31. The maximum absolute atomic E-state index is 13.5. The number of fused-ring (bicyclic) bond motifs is 1. The Hall–Kier alpha value is -4.01. The molecule has 8 nitrogen and oxygen atoms in total. The highest BCUT2D eigenvalue weighted by atomic mass is 16.5. The fraction of sp³-hybridized carbons (Fsp3) is 0.323. The van der Waals surface area contributed by atoms with Crippen LogP contribution in [0, 0.1) is 0 Å². The highest BCUT2D eigenvalue weighted by molar-refractivity contribution is 6.06. The van der Waals surface area contributed by atoms with Crippen molar-refractivity contribution in [3.05, 3.63) is 99.5 Å². The number of carbonyl (C=O) groups excluding carboxylic acids is 1. The highest BCUT2D eigenvalue weighted by Gasteiger charge is 2.19. The summed E-state index contributed by atoms with van der Waals surface area (Å²) in [5.74, 6) is -0.127. The summed E-state index contributed by atoms with van der Waals surface area (Å²) in [6.07, 6.45) is 3.01. The Morgan fingerprint density at radius 1 is 0.897 bits per heavy atom. The van der Waals surface area contributed by atoms with Crippen molar-refractivity contribution >= 4 is 28.1 Å². The van der Waals surface area contributed by atoms with Gasteiger partial charge in [0.1, 0.15) is 0 Å². The summed E-state index contributed by atoms with van der Waals surface area (Å²) in [5, 5.41) is 11.6. The van der Waals surface area contributed by atoms with Crippen molar-refractivity contribution in [2.24, 2.45) is 0 Å². The quantitative estimate of drug-likeness (QED) is 0.377. The SMILES string of the molecule is O=C(Nc1cc(Cc2n[nH]c(=O)c3ccccc23)ccc1N1CCOCC1)c1cccc(CN2CCCC2)c1. The van der Waals surface area contributed by atoms with Gasteiger partial charge in [-0.25, -0.2) is 5.10 Å². The molecule has 3 heterocycles. The lowest BCUT2D eigenvalue weighted by Crippen LogP contribution is -2.36. The third-order valence-corrected chi connectivity index (χ3v) is 7.60. The van der Waals surface area contributed by atoms with E-state index in [1.807, 2.05) is 48.5 Å². The molecule has 0 unspecified atom stereocenters. The van der Waals surface area contributed by atoms with Crippen molar-refractivity contribution in [1.82, 2.24) is 15.1 Å². The first-order valence-corrected chi connectivity index (χ1v) is 13.7. The number of nitrogens with zero attached hydrogens (tertiary/aromatic N) is 3. The number of anilines is 2. The molecule has 1 amide bonds. The molecule has 0 atom stereocenters. The van der Waals surface area contributed by atoms with Crippen LogP contribution in [0.2, 0.25) is 0 Å². The van der Waals surface area contributed by atoms with E-state index in [-0.39, 0.29) is 11.5 Å². The summed E-state index contributed by atoms with van der Waals surface area (Å²) < 4.78 is 5.56. The van der Waals surface area contributed by atoms with Gasteiger partial charge in [0, 0.05) is 37.0 Å². The van der Waals surface area contributed by atoms with E-state index in [0.29, 0.717) is 30.6 Å². The zero-order chi connectivity index (χ0) is 26.6. The van der Waals surface area contributed by atoms with E-state index in [4.69, 9.17) is 4.74 Å². The lowest BCUT2D eigenvalue weighted by atomic mass is 10.0. The van der Waals surface area contributed by atoms with Gasteiger partial charge in [0.05, 0.1) is 35.7 Å². The van der Waals surface area contributed by atoms with E-state index in [1.165, 1.54) is 12.8 Å². The molecule has 2 fully saturated rings. The molecule has 2 saturated heterocycles. The van der Waals surface area contributed by atoms with Gasteiger partial charge in [0.25, 0.3) is 11.5 Å². The number of aromatic nitrogens is 2. The molecule has 6 rings (SSSR count). The number of rotatable bonds is 7. The van der Waals surface area contributed by atoms with Gasteiger partial charge in [0.2, 0.25) is 0 Å². The summed E-state index contributed by atoms with van der Waals surface area (Å²) in [7, 11) is 0. The number of carbonyl (C=O) groups is 1. The Labute approximate surface area is 227 Å². The number of likely N-dealkylation sites (tertiary alicyclic amines) is 1. The largest absolute Gasteiger partial charge is 0.378 e. The average Bonchev–Trinajstić information content (AvgIpc) is 3.48. The molecule has 2 aliphatic heterocycles. The normalized spacial score (nSPS) is 16.1. The molecule has 8 heteroatoms. The fourth-order valence-electron chi connectivity index (χ4n) is 5.58. The Bertz CT molecular complexity index is 1540. The number of hydrogen-bond donors (Lipinski definition) is 2. The second-order valence-corrected chi connectivity index (χ2v) is 10.3. The second kappa shape index (κ2) is 11.4. The molecule has 200 valence electrons. The number of ether oxygens (including phenoxy) is 1. The number of morpholine rings is 1. The zero-order valence-electron chi connectivity index (χ0n) is 22.0. The molecule has 0 radical (unpaired) electrons. The van der Waals surface area contributed by atoms with Crippen LogP contribution in [0.25, 0.3) is 10.8 Å². The van der Waals surface area contributed by atoms with E-state index in [2.05, 4.69) is 43.5 Å². The number of amides is 1. The van der Waals surface area contributed by atoms with Crippen molar-refractivity contribution in [2.75, 3.05) is 49.6 Å². The van der Waals surface area contributed by atoms with Crippen molar-refractivity contribution < 1.29 is 9.53 Å². The molecule has 1 aromatic heterocycles. The molecule has 4 aromatic rings. The number of nitrogens with one attached hydrogen (secondary N) is 2. The Kier molecular flexibility index (Phi) is 7.38. The minimum absolute atomic E-state index is 0.127. The summed E-state index contributed by atoms with van der Waals surface area (Å²) in [6.45, 7) is 5.94. The number of H-pyrrole nitrogens is 1. The third kappa shape index (κ3) is 5.72. The topological polar surface area (TPSA) is 90.6 Å². The number of hydrogen-bond acceptors (Lipinski definition) is 6. The maximum atomic E-state index is 13.5. The molecule has 2 aliphatic rings. The first kappa shape index (κ1) is 25.3. The van der Waals surface area contributed by atoms with Crippen LogP contribution in [-0.2, 0) is 17.7 Å². The Morgan fingerprint density at radius 2 is 1.69 bits per heavy atom. The van der Waals surface area contributed by atoms with Crippen LogP contribution in [0.3, 0.4) is 0 Å². The summed E-state index contributed by atoms with van der Waals surface area (Å²) in [5.41, 5.74) is 5.13. The van der Waals surface area contributed by atoms with Crippen LogP contribution >= 0.6 is 0 Å². The molecular weight excluding hydrogens is 490 g/mol. The van der Waals surface area contributed by atoms with Gasteiger partial charge >= 0.3 is 0 Å². The van der Waals surface area contributed by atoms with Crippen LogP contribution in [0.15, 0.2) is 71.5 Å². The smallest absolute Gasteiger partial charge is 0.272 e. The fourth-order valence-corrected chi connectivity index (χ4v) is 5.58. The van der Waals surface area contributed by atoms with Crippen molar-refractivity contribution in [1.29, 1.82) is 0 Å². The lowest BCUT2D eigenvalue weighted by molar-refractivity contribution is 0.102. The minimum Gasteiger partial charge on any atom is -0.378 e. The molecule has 0 saturated carbocycles. The van der Waals surface area contributed by atoms with Crippen LogP contribution < -0.4 is 15.8 Å². The highest BCUT2D eigenvalue weighted by Crippen LogP contribution is 2.30. The van der Waals surface area contributed by atoms with Crippen molar-refractivity contribution in [3.8, 4) is 0 Å². The number of aromatic amines is 1. The van der Waals surface area contributed by atoms with Gasteiger partial charge in [-0.2, -0.15) is 5.10 Å². The van der Waals surface area contributed by atoms with Crippen molar-refractivity contribution in [2.45, 2.75) is 25.8 Å². The van der Waals surface area contributed by atoms with Crippen LogP contribution in [0.1, 0.15) is 40.0 Å². The van der Waals surface area contributed by atoms with Gasteiger partial charge in [-0.05, 0) is 67.4 Å². The van der Waals surface area contributed by atoms with Crippen LogP contribution in [0.4, 0.5) is 11.4 Å². The molecule has 2 N–H and O–H groups in total. The molecule has 39 heavy (non-hydrogen) atoms. The van der Waals surface area contributed by atoms with E-state index in [9.17, 15) is 9.59 Å². The van der Waals surface area contributed by atoms with Gasteiger partial charge in [-0.3, -0.25) is 14.5 Å². The summed E-state index contributed by atoms with van der Waals surface area (Å²) >= 11 is 0. The molecule has 0 spiro atoms. The van der Waals surface area contributed by atoms with E-state index in [0.717, 1.165) is 66.3 Å². The predicted molar refractivity (Wildman–Crippen MR) is 154 cm³/mol. The monoisotopic (exact) mass is 523 g/mol. The van der Waals surface area contributed by atoms with Crippen molar-refractivity contribution in [3.63, 3.8) is 0 Å². The Morgan fingerprint density at radius 3 is 2.51 bits per heavy atom. The standard InChI is InChI=1S/C31H33N5O3/c37-30(24-7-5-6-23(18-24)21-35-12-3-4-13-35)32-28-20-22(10-11-29(28)36-14-16-39-17-15-36)19-27-25-8-1-2-9-26(25)31(38)34-33-27/h1-2,5-11,18,20H,3-4,12-17,19,21H2,(H,32,37)(H,34,38). The van der Waals surface area contributed by atoms with Gasteiger partial charge in [-0.15, -0.1) is 0 Å². The molecular formula is C31H33N5O3. The average molecular weight is 524 g/mol. The van der Waals surface area contributed by atoms with Crippen LogP contribution in [-0.4, -0.2) is 60.4 Å². The van der Waals surface area contributed by atoms with Gasteiger partial charge in [0.15, 0.2) is 0 Å². The Balaban J connectivity index is 1.29. The number of benzene rings is 3. The predicted octanol–water partition coefficient (Wildman–Crippen LogP) is 4.20. The molecule has 3 aromatic carbocycles. The third-order valence-electron chi connectivity index (χ3n) is 7.60. The van der Waals surface area contributed by atoms with Crippen LogP contribution in [0.5, 0.6) is 0 Å². The first-order chi connectivity index (χ1) is 19.1. The molecule has 0 aliphatic carbocycles. The summed E-state index contributed by atoms with van der Waals surface area (Å²) in [6, 6.07) is 21.6.